The second kappa shape index (κ2) is 10.9. The van der Waals surface area contributed by atoms with E-state index in [9.17, 15) is 13.2 Å². The van der Waals surface area contributed by atoms with Crippen LogP contribution in [0.1, 0.15) is 18.7 Å². The Bertz CT molecular complexity index is 1080. The number of hydrogen-bond donors (Lipinski definition) is 3. The molecule has 13 heteroatoms. The van der Waals surface area contributed by atoms with Gasteiger partial charge in [-0.1, -0.05) is 30.3 Å². The van der Waals surface area contributed by atoms with Gasteiger partial charge in [-0.25, -0.2) is 19.7 Å². The Kier molecular flexibility index (Phi) is 7.99. The fourth-order valence-electron chi connectivity index (χ4n) is 3.31. The van der Waals surface area contributed by atoms with E-state index in [0.29, 0.717) is 18.4 Å². The van der Waals surface area contributed by atoms with Crippen LogP contribution < -0.4 is 15.5 Å². The topological polar surface area (TPSA) is 137 Å². The monoisotopic (exact) mass is 478 g/mol. The van der Waals surface area contributed by atoms with E-state index in [1.54, 1.807) is 6.33 Å². The summed E-state index contributed by atoms with van der Waals surface area (Å²) in [4.78, 5) is 34.1. The Morgan fingerprint density at radius 2 is 1.97 bits per heavy atom. The minimum atomic E-state index is -5.08. The fraction of sp³-hybridized carbons (Fsp3) is 0.381. The zero-order chi connectivity index (χ0) is 24.7. The van der Waals surface area contributed by atoms with Crippen molar-refractivity contribution in [1.82, 2.24) is 24.9 Å². The van der Waals surface area contributed by atoms with E-state index in [0.717, 1.165) is 43.0 Å². The van der Waals surface area contributed by atoms with E-state index in [1.165, 1.54) is 0 Å². The molecule has 3 aromatic rings. The van der Waals surface area contributed by atoms with E-state index in [4.69, 9.17) is 15.6 Å². The van der Waals surface area contributed by atoms with Crippen LogP contribution in [0.3, 0.4) is 0 Å². The van der Waals surface area contributed by atoms with E-state index >= 15 is 0 Å². The van der Waals surface area contributed by atoms with Gasteiger partial charge in [0.2, 0.25) is 11.9 Å². The molecule has 0 spiro atoms. The summed E-state index contributed by atoms with van der Waals surface area (Å²) in [6, 6.07) is 10.3. The lowest BCUT2D eigenvalue weighted by molar-refractivity contribution is -0.192. The van der Waals surface area contributed by atoms with E-state index in [2.05, 4.69) is 42.0 Å². The molecule has 1 atom stereocenters. The highest BCUT2D eigenvalue weighted by atomic mass is 19.4. The van der Waals surface area contributed by atoms with E-state index in [-0.39, 0.29) is 6.04 Å². The van der Waals surface area contributed by atoms with Crippen molar-refractivity contribution >= 4 is 17.9 Å². The molecule has 34 heavy (non-hydrogen) atoms. The number of nitrogens with two attached hydrogens (primary N) is 1. The van der Waals surface area contributed by atoms with Crippen molar-refractivity contribution in [2.24, 2.45) is 5.73 Å². The summed E-state index contributed by atoms with van der Waals surface area (Å²) in [5.41, 5.74) is 8.19. The zero-order valence-electron chi connectivity index (χ0n) is 18.4. The lowest BCUT2D eigenvalue weighted by atomic mass is 10.1. The zero-order valence-corrected chi connectivity index (χ0v) is 18.4. The molecule has 0 radical (unpaired) electrons. The number of imidazole rings is 1. The maximum atomic E-state index is 10.6. The molecular formula is C21H25F3N8O2. The number of carboxylic acids is 1. The Morgan fingerprint density at radius 1 is 1.26 bits per heavy atom. The standard InChI is InChI=1S/C19H24N8.C2HF3O2/c1-26(12-17-21-10-16(24-17)14-6-3-2-4-7-14)18-22-13-23-19(25-18)27-9-5-8-15(20)11-27;3-2(4,5)1(6)7/h2-4,6-7,10,13,15H,5,8-9,11-12,20H2,1H3,(H,21,24);(H,6,7). The molecule has 1 aromatic carbocycles. The van der Waals surface area contributed by atoms with Crippen molar-refractivity contribution < 1.29 is 23.1 Å². The first-order valence-electron chi connectivity index (χ1n) is 10.4. The number of hydrogen-bond acceptors (Lipinski definition) is 8. The van der Waals surface area contributed by atoms with Gasteiger partial charge < -0.3 is 25.6 Å². The number of halogens is 3. The van der Waals surface area contributed by atoms with Crippen molar-refractivity contribution in [3.63, 3.8) is 0 Å². The van der Waals surface area contributed by atoms with Crippen molar-refractivity contribution in [3.8, 4) is 11.3 Å². The molecule has 0 saturated carbocycles. The van der Waals surface area contributed by atoms with Gasteiger partial charge in [-0.3, -0.25) is 0 Å². The van der Waals surface area contributed by atoms with E-state index in [1.807, 2.05) is 36.3 Å². The van der Waals surface area contributed by atoms with Gasteiger partial charge in [0, 0.05) is 26.2 Å². The molecule has 4 N–H and O–H groups in total. The SMILES string of the molecule is CN(Cc1ncc(-c2ccccc2)[nH]1)c1ncnc(N2CCCC(N)C2)n1.O=C(O)C(F)(F)F. The number of rotatable bonds is 5. The highest BCUT2D eigenvalue weighted by Crippen LogP contribution is 2.19. The molecule has 0 aliphatic carbocycles. The normalized spacial score (nSPS) is 15.9. The Labute approximate surface area is 193 Å². The van der Waals surface area contributed by atoms with Crippen LogP contribution in [0, 0.1) is 0 Å². The quantitative estimate of drug-likeness (QED) is 0.505. The molecule has 1 fully saturated rings. The highest BCUT2D eigenvalue weighted by molar-refractivity contribution is 5.73. The number of alkyl halides is 3. The van der Waals surface area contributed by atoms with Crippen LogP contribution in [0.25, 0.3) is 11.3 Å². The number of aliphatic carboxylic acids is 1. The first kappa shape index (κ1) is 24.9. The molecule has 10 nitrogen and oxygen atoms in total. The molecule has 0 bridgehead atoms. The number of nitrogens with one attached hydrogen (secondary N) is 1. The third-order valence-electron chi connectivity index (χ3n) is 4.97. The third kappa shape index (κ3) is 6.88. The van der Waals surface area contributed by atoms with Crippen LogP contribution in [0.4, 0.5) is 25.1 Å². The number of nitrogens with zero attached hydrogens (tertiary/aromatic N) is 6. The average molecular weight is 478 g/mol. The summed E-state index contributed by atoms with van der Waals surface area (Å²) in [6.07, 6.45) is 0.446. The Balaban J connectivity index is 0.000000406. The largest absolute Gasteiger partial charge is 0.490 e. The van der Waals surface area contributed by atoms with Crippen LogP contribution in [-0.2, 0) is 11.3 Å². The number of aromatic amines is 1. The molecule has 1 unspecified atom stereocenters. The number of carboxylic acid groups (broad SMARTS) is 1. The van der Waals surface area contributed by atoms with Gasteiger partial charge in [0.15, 0.2) is 0 Å². The van der Waals surface area contributed by atoms with Gasteiger partial charge in [-0.05, 0) is 18.4 Å². The lowest BCUT2D eigenvalue weighted by Crippen LogP contribution is -2.43. The molecular weight excluding hydrogens is 453 g/mol. The molecule has 1 aliphatic rings. The molecule has 3 heterocycles. The van der Waals surface area contributed by atoms with Gasteiger partial charge in [0.25, 0.3) is 0 Å². The Hall–Kier alpha value is -3.74. The second-order valence-corrected chi connectivity index (χ2v) is 7.70. The summed E-state index contributed by atoms with van der Waals surface area (Å²) in [7, 11) is 1.95. The van der Waals surface area contributed by atoms with Crippen molar-refractivity contribution in [2.75, 3.05) is 29.9 Å². The lowest BCUT2D eigenvalue weighted by Gasteiger charge is -2.31. The first-order chi connectivity index (χ1) is 16.1. The van der Waals surface area contributed by atoms with Crippen LogP contribution in [0.5, 0.6) is 0 Å². The first-order valence-corrected chi connectivity index (χ1v) is 10.4. The smallest absolute Gasteiger partial charge is 0.475 e. The summed E-state index contributed by atoms with van der Waals surface area (Å²) in [6.45, 7) is 2.29. The number of anilines is 2. The maximum Gasteiger partial charge on any atom is 0.490 e. The summed E-state index contributed by atoms with van der Waals surface area (Å²) >= 11 is 0. The summed E-state index contributed by atoms with van der Waals surface area (Å²) in [5.74, 6) is -0.589. The van der Waals surface area contributed by atoms with Gasteiger partial charge >= 0.3 is 12.1 Å². The number of H-pyrrole nitrogens is 1. The fourth-order valence-corrected chi connectivity index (χ4v) is 3.31. The number of benzene rings is 1. The average Bonchev–Trinajstić information content (AvgIpc) is 3.28. The van der Waals surface area contributed by atoms with Gasteiger partial charge in [-0.15, -0.1) is 0 Å². The maximum absolute atomic E-state index is 10.6. The minimum absolute atomic E-state index is 0.177. The van der Waals surface area contributed by atoms with Crippen molar-refractivity contribution in [1.29, 1.82) is 0 Å². The summed E-state index contributed by atoms with van der Waals surface area (Å²) < 4.78 is 31.7. The van der Waals surface area contributed by atoms with Crippen LogP contribution in [0.15, 0.2) is 42.9 Å². The minimum Gasteiger partial charge on any atom is -0.475 e. The van der Waals surface area contributed by atoms with Crippen LogP contribution >= 0.6 is 0 Å². The van der Waals surface area contributed by atoms with Gasteiger partial charge in [-0.2, -0.15) is 18.2 Å². The van der Waals surface area contributed by atoms with Gasteiger partial charge in [0.1, 0.15) is 12.2 Å². The molecule has 1 aliphatic heterocycles. The third-order valence-corrected chi connectivity index (χ3v) is 4.97. The second-order valence-electron chi connectivity index (χ2n) is 7.70. The molecule has 182 valence electrons. The molecule has 4 rings (SSSR count). The van der Waals surface area contributed by atoms with Crippen LogP contribution in [-0.4, -0.2) is 68.4 Å². The van der Waals surface area contributed by atoms with Crippen molar-refractivity contribution in [3.05, 3.63) is 48.7 Å². The predicted molar refractivity (Wildman–Crippen MR) is 119 cm³/mol. The molecule has 0 amide bonds. The van der Waals surface area contributed by atoms with Crippen LogP contribution in [0.2, 0.25) is 0 Å². The predicted octanol–water partition coefficient (Wildman–Crippen LogP) is 2.46. The number of carbonyl (C=O) groups is 1. The highest BCUT2D eigenvalue weighted by Gasteiger charge is 2.38. The Morgan fingerprint density at radius 3 is 2.62 bits per heavy atom. The number of aromatic nitrogens is 5. The van der Waals surface area contributed by atoms with Crippen molar-refractivity contribution in [2.45, 2.75) is 31.6 Å². The van der Waals surface area contributed by atoms with Gasteiger partial charge in [0.05, 0.1) is 18.4 Å². The summed E-state index contributed by atoms with van der Waals surface area (Å²) in [5, 5.41) is 7.12. The molecule has 1 saturated heterocycles. The van der Waals surface area contributed by atoms with E-state index < -0.39 is 12.1 Å². The molecule has 2 aromatic heterocycles. The number of piperidine rings is 1.